The quantitative estimate of drug-likeness (QED) is 0.533. The first-order valence-corrected chi connectivity index (χ1v) is 12.9. The van der Waals surface area contributed by atoms with Gasteiger partial charge in [-0.05, 0) is 53.5 Å². The first-order chi connectivity index (χ1) is 16.9. The Labute approximate surface area is 222 Å². The summed E-state index contributed by atoms with van der Waals surface area (Å²) >= 11 is 12.6. The molecule has 2 saturated heterocycles. The molecule has 3 heterocycles. The van der Waals surface area contributed by atoms with Gasteiger partial charge in [0.25, 0.3) is 0 Å². The van der Waals surface area contributed by atoms with Crippen LogP contribution in [0.3, 0.4) is 0 Å². The third kappa shape index (κ3) is 5.47. The van der Waals surface area contributed by atoms with Crippen molar-refractivity contribution in [2.75, 3.05) is 24.6 Å². The monoisotopic (exact) mass is 533 g/mol. The number of aryl methyl sites for hydroxylation is 1. The van der Waals surface area contributed by atoms with Crippen molar-refractivity contribution in [1.29, 1.82) is 5.26 Å². The molecule has 1 unspecified atom stereocenters. The number of nitriles is 1. The molecule has 36 heavy (non-hydrogen) atoms. The van der Waals surface area contributed by atoms with Crippen LogP contribution in [-0.2, 0) is 9.47 Å². The van der Waals surface area contributed by atoms with Crippen LogP contribution in [0.15, 0.2) is 18.2 Å². The molecule has 1 aromatic carbocycles. The zero-order chi connectivity index (χ0) is 26.3. The van der Waals surface area contributed by atoms with Crippen molar-refractivity contribution in [2.45, 2.75) is 71.6 Å². The van der Waals surface area contributed by atoms with Crippen molar-refractivity contribution in [2.24, 2.45) is 5.41 Å². The SMILES string of the molecule is Cc1nc(N2CCC3(CC2)CO[C@@H](C)[C@H]3NC(O)OC(C)(C)C)nc(C#N)c1-c1cccc(Cl)c1Cl. The fourth-order valence-electron chi connectivity index (χ4n) is 5.22. The molecule has 4 rings (SSSR count). The summed E-state index contributed by atoms with van der Waals surface area (Å²) in [4.78, 5) is 11.5. The van der Waals surface area contributed by atoms with E-state index < -0.39 is 12.0 Å². The highest BCUT2D eigenvalue weighted by Crippen LogP contribution is 2.43. The topological polar surface area (TPSA) is 104 Å². The zero-order valence-corrected chi connectivity index (χ0v) is 22.8. The summed E-state index contributed by atoms with van der Waals surface area (Å²) in [5.41, 5.74) is 1.56. The van der Waals surface area contributed by atoms with E-state index in [4.69, 9.17) is 37.7 Å². The number of anilines is 1. The average Bonchev–Trinajstić information content (AvgIpc) is 3.09. The number of halogens is 2. The van der Waals surface area contributed by atoms with E-state index in [1.165, 1.54) is 0 Å². The summed E-state index contributed by atoms with van der Waals surface area (Å²) in [6, 6.07) is 7.47. The summed E-state index contributed by atoms with van der Waals surface area (Å²) in [5.74, 6) is 0.522. The summed E-state index contributed by atoms with van der Waals surface area (Å²) in [5, 5.41) is 24.4. The minimum absolute atomic E-state index is 0.0540. The number of piperidine rings is 1. The highest BCUT2D eigenvalue weighted by atomic mass is 35.5. The van der Waals surface area contributed by atoms with Crippen molar-refractivity contribution in [3.8, 4) is 17.2 Å². The van der Waals surface area contributed by atoms with E-state index in [2.05, 4.69) is 21.3 Å². The Morgan fingerprint density at radius 1 is 1.28 bits per heavy atom. The van der Waals surface area contributed by atoms with Crippen LogP contribution in [-0.4, -0.2) is 58.9 Å². The number of rotatable bonds is 5. The van der Waals surface area contributed by atoms with E-state index >= 15 is 0 Å². The minimum Gasteiger partial charge on any atom is -0.376 e. The van der Waals surface area contributed by atoms with Crippen LogP contribution in [0.1, 0.15) is 51.9 Å². The molecular formula is C26H33Cl2N5O3. The smallest absolute Gasteiger partial charge is 0.226 e. The number of aromatic nitrogens is 2. The fourth-order valence-corrected chi connectivity index (χ4v) is 5.62. The Kier molecular flexibility index (Phi) is 7.82. The van der Waals surface area contributed by atoms with Gasteiger partial charge in [0, 0.05) is 35.7 Å². The second-order valence-corrected chi connectivity index (χ2v) is 11.4. The lowest BCUT2D eigenvalue weighted by Crippen LogP contribution is -2.56. The van der Waals surface area contributed by atoms with E-state index in [0.717, 1.165) is 12.8 Å². The van der Waals surface area contributed by atoms with Gasteiger partial charge in [-0.15, -0.1) is 0 Å². The summed E-state index contributed by atoms with van der Waals surface area (Å²) in [6.45, 7) is 11.6. The zero-order valence-electron chi connectivity index (χ0n) is 21.3. The molecule has 2 aliphatic heterocycles. The number of hydrogen-bond donors (Lipinski definition) is 2. The van der Waals surface area contributed by atoms with E-state index in [0.29, 0.717) is 52.5 Å². The highest BCUT2D eigenvalue weighted by Gasteiger charge is 2.50. The van der Waals surface area contributed by atoms with Gasteiger partial charge in [-0.1, -0.05) is 35.3 Å². The number of ether oxygens (including phenoxy) is 2. The van der Waals surface area contributed by atoms with Gasteiger partial charge in [-0.3, -0.25) is 5.32 Å². The standard InChI is InChI=1S/C26H33Cl2N5O3/c1-15-20(17-7-6-8-18(27)21(17)28)19(13-29)31-23(30-15)33-11-9-26(10-12-33)14-35-16(2)22(26)32-24(34)36-25(3,4)5/h6-8,16,22,24,32,34H,9-12,14H2,1-5H3/t16-,22+,24?/m0/s1. The molecule has 10 heteroatoms. The summed E-state index contributed by atoms with van der Waals surface area (Å²) in [6.07, 6.45) is 0.511. The van der Waals surface area contributed by atoms with Crippen LogP contribution in [0.5, 0.6) is 0 Å². The van der Waals surface area contributed by atoms with Gasteiger partial charge in [-0.2, -0.15) is 5.26 Å². The largest absolute Gasteiger partial charge is 0.376 e. The van der Waals surface area contributed by atoms with Crippen LogP contribution in [0.2, 0.25) is 10.0 Å². The molecule has 1 aromatic heterocycles. The van der Waals surface area contributed by atoms with Crippen LogP contribution in [0.25, 0.3) is 11.1 Å². The number of aliphatic hydroxyl groups excluding tert-OH is 1. The van der Waals surface area contributed by atoms with Gasteiger partial charge in [0.15, 0.2) is 5.69 Å². The van der Waals surface area contributed by atoms with E-state index in [9.17, 15) is 10.4 Å². The Hall–Kier alpha value is -1.99. The predicted molar refractivity (Wildman–Crippen MR) is 140 cm³/mol. The van der Waals surface area contributed by atoms with Crippen molar-refractivity contribution in [3.05, 3.63) is 39.6 Å². The Bertz CT molecular complexity index is 1160. The molecule has 2 N–H and O–H groups in total. The normalized spacial score (nSPS) is 22.6. The van der Waals surface area contributed by atoms with E-state index in [-0.39, 0.29) is 23.3 Å². The van der Waals surface area contributed by atoms with Gasteiger partial charge < -0.3 is 19.5 Å². The fraction of sp³-hybridized carbons (Fsp3) is 0.577. The molecule has 0 amide bonds. The number of nitrogens with zero attached hydrogens (tertiary/aromatic N) is 4. The predicted octanol–water partition coefficient (Wildman–Crippen LogP) is 4.69. The van der Waals surface area contributed by atoms with Crippen LogP contribution in [0, 0.1) is 23.7 Å². The number of aliphatic hydroxyl groups is 1. The summed E-state index contributed by atoms with van der Waals surface area (Å²) < 4.78 is 11.7. The van der Waals surface area contributed by atoms with Gasteiger partial charge in [-0.25, -0.2) is 9.97 Å². The van der Waals surface area contributed by atoms with Crippen molar-refractivity contribution >= 4 is 29.2 Å². The van der Waals surface area contributed by atoms with Crippen LogP contribution >= 0.6 is 23.2 Å². The first-order valence-electron chi connectivity index (χ1n) is 12.2. The lowest BCUT2D eigenvalue weighted by molar-refractivity contribution is -0.190. The molecule has 0 bridgehead atoms. The second-order valence-electron chi connectivity index (χ2n) is 10.6. The highest BCUT2D eigenvalue weighted by molar-refractivity contribution is 6.43. The van der Waals surface area contributed by atoms with Crippen molar-refractivity contribution in [1.82, 2.24) is 15.3 Å². The average molecular weight is 534 g/mol. The molecule has 2 aliphatic rings. The molecule has 194 valence electrons. The Morgan fingerprint density at radius 3 is 2.61 bits per heavy atom. The molecule has 0 radical (unpaired) electrons. The molecule has 1 spiro atoms. The molecule has 2 fully saturated rings. The molecule has 0 aliphatic carbocycles. The molecule has 0 saturated carbocycles. The second kappa shape index (κ2) is 10.4. The van der Waals surface area contributed by atoms with Gasteiger partial charge in [0.1, 0.15) is 6.07 Å². The van der Waals surface area contributed by atoms with Crippen LogP contribution in [0.4, 0.5) is 5.95 Å². The van der Waals surface area contributed by atoms with Crippen LogP contribution < -0.4 is 10.2 Å². The first kappa shape index (κ1) is 27.1. The minimum atomic E-state index is -1.08. The van der Waals surface area contributed by atoms with E-state index in [1.807, 2.05) is 40.7 Å². The number of hydrogen-bond acceptors (Lipinski definition) is 8. The maximum Gasteiger partial charge on any atom is 0.226 e. The van der Waals surface area contributed by atoms with E-state index in [1.54, 1.807) is 12.1 Å². The lowest BCUT2D eigenvalue weighted by Gasteiger charge is -2.43. The molecular weight excluding hydrogens is 501 g/mol. The molecule has 8 nitrogen and oxygen atoms in total. The lowest BCUT2D eigenvalue weighted by atomic mass is 9.73. The maximum absolute atomic E-state index is 10.5. The molecule has 3 atom stereocenters. The Morgan fingerprint density at radius 2 is 1.97 bits per heavy atom. The van der Waals surface area contributed by atoms with Gasteiger partial charge in [0.05, 0.1) is 34.1 Å². The third-order valence-electron chi connectivity index (χ3n) is 7.00. The maximum atomic E-state index is 10.5. The Balaban J connectivity index is 1.53. The van der Waals surface area contributed by atoms with Gasteiger partial charge in [0.2, 0.25) is 12.4 Å². The number of benzene rings is 1. The van der Waals surface area contributed by atoms with Crippen molar-refractivity contribution in [3.63, 3.8) is 0 Å². The molecule has 2 aromatic rings. The van der Waals surface area contributed by atoms with Crippen molar-refractivity contribution < 1.29 is 14.6 Å². The van der Waals surface area contributed by atoms with Gasteiger partial charge >= 0.3 is 0 Å². The summed E-state index contributed by atoms with van der Waals surface area (Å²) in [7, 11) is 0. The third-order valence-corrected chi connectivity index (χ3v) is 7.82. The number of nitrogens with one attached hydrogen (secondary N) is 1.